The largest absolute Gasteiger partial charge is 0.387 e. The van der Waals surface area contributed by atoms with Crippen molar-refractivity contribution in [3.63, 3.8) is 0 Å². The van der Waals surface area contributed by atoms with Gasteiger partial charge in [-0.25, -0.2) is 14.3 Å². The molecule has 0 saturated carbocycles. The van der Waals surface area contributed by atoms with Gasteiger partial charge in [-0.15, -0.1) is 0 Å². The van der Waals surface area contributed by atoms with Crippen LogP contribution < -0.4 is 5.90 Å². The highest BCUT2D eigenvalue weighted by Crippen LogP contribution is 2.23. The predicted molar refractivity (Wildman–Crippen MR) is 43.0 cm³/mol. The van der Waals surface area contributed by atoms with Crippen LogP contribution in [0.15, 0.2) is 0 Å². The fourth-order valence-corrected chi connectivity index (χ4v) is 2.80. The van der Waals surface area contributed by atoms with Crippen molar-refractivity contribution in [2.75, 3.05) is 18.1 Å². The Hall–Kier alpha value is -0.170. The van der Waals surface area contributed by atoms with Crippen molar-refractivity contribution >= 4 is 9.84 Å². The molecule has 1 fully saturated rings. The third-order valence-corrected chi connectivity index (χ3v) is 3.76. The van der Waals surface area contributed by atoms with Crippen molar-refractivity contribution in [3.05, 3.63) is 0 Å². The van der Waals surface area contributed by atoms with Gasteiger partial charge in [0.1, 0.15) is 0 Å². The highest BCUT2D eigenvalue weighted by molar-refractivity contribution is 7.91. The molecule has 0 bridgehead atoms. The van der Waals surface area contributed by atoms with E-state index >= 15 is 0 Å². The molecule has 3 N–H and O–H groups in total. The molecule has 1 aliphatic heterocycles. The van der Waals surface area contributed by atoms with Gasteiger partial charge in [0.25, 0.3) is 0 Å². The van der Waals surface area contributed by atoms with E-state index in [9.17, 15) is 13.5 Å². The van der Waals surface area contributed by atoms with Crippen LogP contribution in [0.1, 0.15) is 12.8 Å². The van der Waals surface area contributed by atoms with Gasteiger partial charge in [0.15, 0.2) is 9.84 Å². The van der Waals surface area contributed by atoms with Crippen molar-refractivity contribution in [3.8, 4) is 0 Å². The van der Waals surface area contributed by atoms with Crippen LogP contribution in [0.25, 0.3) is 0 Å². The summed E-state index contributed by atoms with van der Waals surface area (Å²) >= 11 is 0. The van der Waals surface area contributed by atoms with E-state index < -0.39 is 15.4 Å². The molecule has 1 saturated heterocycles. The first-order chi connectivity index (χ1) is 5.47. The van der Waals surface area contributed by atoms with Crippen molar-refractivity contribution in [2.24, 2.45) is 5.90 Å². The number of sulfone groups is 1. The van der Waals surface area contributed by atoms with E-state index in [1.54, 1.807) is 0 Å². The predicted octanol–water partition coefficient (Wildman–Crippen LogP) is -1.18. The van der Waals surface area contributed by atoms with Crippen molar-refractivity contribution in [1.82, 2.24) is 0 Å². The van der Waals surface area contributed by atoms with E-state index in [1.807, 2.05) is 0 Å². The molecule has 1 heterocycles. The summed E-state index contributed by atoms with van der Waals surface area (Å²) in [5, 5.41) is 9.63. The Morgan fingerprint density at radius 2 is 1.92 bits per heavy atom. The highest BCUT2D eigenvalue weighted by atomic mass is 32.2. The van der Waals surface area contributed by atoms with E-state index in [-0.39, 0.29) is 31.0 Å². The van der Waals surface area contributed by atoms with Gasteiger partial charge in [-0.3, -0.25) is 0 Å². The topological polar surface area (TPSA) is 89.6 Å². The Morgan fingerprint density at radius 1 is 1.42 bits per heavy atom. The summed E-state index contributed by atoms with van der Waals surface area (Å²) in [5.74, 6) is 4.84. The standard InChI is InChI=1S/C6H13NO4S/c7-11-5-6(8)1-3-12(9,10)4-2-6/h8H,1-5,7H2. The van der Waals surface area contributed by atoms with E-state index in [2.05, 4.69) is 4.84 Å². The Bertz CT molecular complexity index is 234. The maximum Gasteiger partial charge on any atom is 0.150 e. The second-order valence-electron chi connectivity index (χ2n) is 3.19. The molecule has 0 aliphatic carbocycles. The number of aliphatic hydroxyl groups is 1. The average molecular weight is 195 g/mol. The first-order valence-corrected chi connectivity index (χ1v) is 5.54. The minimum Gasteiger partial charge on any atom is -0.387 e. The van der Waals surface area contributed by atoms with Gasteiger partial charge in [0.2, 0.25) is 0 Å². The Balaban J connectivity index is 2.55. The van der Waals surface area contributed by atoms with Crippen LogP contribution in [0.5, 0.6) is 0 Å². The summed E-state index contributed by atoms with van der Waals surface area (Å²) in [4.78, 5) is 4.31. The highest BCUT2D eigenvalue weighted by Gasteiger charge is 2.35. The monoisotopic (exact) mass is 195 g/mol. The van der Waals surface area contributed by atoms with Crippen LogP contribution in [0.3, 0.4) is 0 Å². The minimum atomic E-state index is -2.93. The normalized spacial score (nSPS) is 26.8. The second kappa shape index (κ2) is 3.29. The zero-order valence-electron chi connectivity index (χ0n) is 6.69. The molecule has 0 amide bonds. The van der Waals surface area contributed by atoms with Gasteiger partial charge in [-0.1, -0.05) is 0 Å². The van der Waals surface area contributed by atoms with Gasteiger partial charge in [-0.2, -0.15) is 0 Å². The zero-order chi connectivity index (χ0) is 9.24. The Morgan fingerprint density at radius 3 is 2.33 bits per heavy atom. The molecule has 0 atom stereocenters. The molecule has 0 aromatic carbocycles. The summed E-state index contributed by atoms with van der Waals surface area (Å²) in [6.45, 7) is 0.00250. The maximum atomic E-state index is 11.0. The number of rotatable bonds is 2. The molecule has 72 valence electrons. The second-order valence-corrected chi connectivity index (χ2v) is 5.49. The average Bonchev–Trinajstić information content (AvgIpc) is 1.98. The maximum absolute atomic E-state index is 11.0. The lowest BCUT2D eigenvalue weighted by Gasteiger charge is -2.30. The van der Waals surface area contributed by atoms with Crippen LogP contribution >= 0.6 is 0 Å². The summed E-state index contributed by atoms with van der Waals surface area (Å²) in [6, 6.07) is 0. The van der Waals surface area contributed by atoms with Crippen LogP contribution in [0, 0.1) is 0 Å². The third-order valence-electron chi connectivity index (χ3n) is 2.11. The molecule has 0 radical (unpaired) electrons. The smallest absolute Gasteiger partial charge is 0.150 e. The lowest BCUT2D eigenvalue weighted by Crippen LogP contribution is -2.43. The van der Waals surface area contributed by atoms with Crippen molar-refractivity contribution in [1.29, 1.82) is 0 Å². The lowest BCUT2D eigenvalue weighted by atomic mass is 9.98. The summed E-state index contributed by atoms with van der Waals surface area (Å²) < 4.78 is 21.9. The van der Waals surface area contributed by atoms with Gasteiger partial charge < -0.3 is 9.94 Å². The third kappa shape index (κ3) is 2.41. The molecule has 0 aromatic heterocycles. The summed E-state index contributed by atoms with van der Waals surface area (Å²) in [7, 11) is -2.93. The van der Waals surface area contributed by atoms with Crippen LogP contribution in [-0.4, -0.2) is 37.2 Å². The van der Waals surface area contributed by atoms with Crippen LogP contribution in [0.2, 0.25) is 0 Å². The van der Waals surface area contributed by atoms with Gasteiger partial charge >= 0.3 is 0 Å². The fourth-order valence-electron chi connectivity index (χ4n) is 1.22. The first-order valence-electron chi connectivity index (χ1n) is 3.72. The number of hydrogen-bond donors (Lipinski definition) is 2. The lowest BCUT2D eigenvalue weighted by molar-refractivity contribution is -0.0531. The van der Waals surface area contributed by atoms with Gasteiger partial charge in [0, 0.05) is 0 Å². The Labute approximate surface area is 71.4 Å². The molecule has 12 heavy (non-hydrogen) atoms. The van der Waals surface area contributed by atoms with Crippen molar-refractivity contribution < 1.29 is 18.4 Å². The van der Waals surface area contributed by atoms with E-state index in [4.69, 9.17) is 5.90 Å². The SMILES string of the molecule is NOCC1(O)CCS(=O)(=O)CC1. The number of nitrogens with two attached hydrogens (primary N) is 1. The molecule has 0 aromatic rings. The zero-order valence-corrected chi connectivity index (χ0v) is 7.51. The van der Waals surface area contributed by atoms with E-state index in [0.717, 1.165) is 0 Å². The minimum absolute atomic E-state index is 0.00250. The number of hydrogen-bond acceptors (Lipinski definition) is 5. The molecule has 0 spiro atoms. The van der Waals surface area contributed by atoms with Crippen molar-refractivity contribution in [2.45, 2.75) is 18.4 Å². The molecule has 5 nitrogen and oxygen atoms in total. The van der Waals surface area contributed by atoms with Gasteiger partial charge in [-0.05, 0) is 12.8 Å². The van der Waals surface area contributed by atoms with Crippen LogP contribution in [-0.2, 0) is 14.7 Å². The van der Waals surface area contributed by atoms with E-state index in [0.29, 0.717) is 0 Å². The fraction of sp³-hybridized carbons (Fsp3) is 1.00. The first kappa shape index (κ1) is 9.91. The quantitative estimate of drug-likeness (QED) is 0.541. The summed E-state index contributed by atoms with van der Waals surface area (Å²) in [6.07, 6.45) is 0.430. The Kier molecular flexibility index (Phi) is 2.72. The molecule has 1 aliphatic rings. The molecule has 6 heteroatoms. The molecule has 0 unspecified atom stereocenters. The van der Waals surface area contributed by atoms with Gasteiger partial charge in [0.05, 0.1) is 23.7 Å². The molecule has 1 rings (SSSR count). The molecular formula is C6H13NO4S. The van der Waals surface area contributed by atoms with Crippen LogP contribution in [0.4, 0.5) is 0 Å². The van der Waals surface area contributed by atoms with E-state index in [1.165, 1.54) is 0 Å². The summed E-state index contributed by atoms with van der Waals surface area (Å²) in [5.41, 5.74) is -1.04. The molecular weight excluding hydrogens is 182 g/mol.